The first-order valence-electron chi connectivity index (χ1n) is 6.91. The molecule has 0 unspecified atom stereocenters. The van der Waals surface area contributed by atoms with Crippen molar-refractivity contribution >= 4 is 21.4 Å². The van der Waals surface area contributed by atoms with E-state index < -0.39 is 0 Å². The van der Waals surface area contributed by atoms with Gasteiger partial charge in [-0.15, -0.1) is 5.10 Å². The molecule has 0 aliphatic carbocycles. The minimum atomic E-state index is -0.198. The summed E-state index contributed by atoms with van der Waals surface area (Å²) in [4.78, 5) is 16.2. The van der Waals surface area contributed by atoms with Crippen LogP contribution in [0.3, 0.4) is 0 Å². The van der Waals surface area contributed by atoms with Crippen LogP contribution in [0.15, 0.2) is 35.3 Å². The number of hydrogen-bond donors (Lipinski definition) is 1. The Kier molecular flexibility index (Phi) is 3.46. The maximum Gasteiger partial charge on any atom is 0.275 e. The molecule has 1 aliphatic heterocycles. The molecule has 9 heteroatoms. The highest BCUT2D eigenvalue weighted by molar-refractivity contribution is 7.20. The molecule has 23 heavy (non-hydrogen) atoms. The van der Waals surface area contributed by atoms with Crippen LogP contribution in [-0.4, -0.2) is 34.5 Å². The SMILES string of the molecule is O=c1ccnc2sc(NCCOc3ccc4c(c3)OCO4)nn12. The van der Waals surface area contributed by atoms with Gasteiger partial charge >= 0.3 is 0 Å². The lowest BCUT2D eigenvalue weighted by atomic mass is 10.3. The standard InChI is InChI=1S/C14H12N4O4S/c19-12-3-4-16-14-18(12)17-13(23-14)15-5-6-20-9-1-2-10-11(7-9)22-8-21-10/h1-4,7H,5-6,8H2,(H,15,17). The Hall–Kier alpha value is -2.81. The normalized spacial score (nSPS) is 12.5. The number of hydrogen-bond acceptors (Lipinski definition) is 8. The summed E-state index contributed by atoms with van der Waals surface area (Å²) in [6.07, 6.45) is 1.47. The second-order valence-electron chi connectivity index (χ2n) is 4.67. The Morgan fingerprint density at radius 3 is 3.13 bits per heavy atom. The molecule has 3 heterocycles. The largest absolute Gasteiger partial charge is 0.492 e. The van der Waals surface area contributed by atoms with Gasteiger partial charge in [0.05, 0.1) is 6.54 Å². The molecule has 1 aromatic carbocycles. The molecule has 0 saturated carbocycles. The molecule has 3 aromatic rings. The Bertz CT molecular complexity index is 907. The number of rotatable bonds is 5. The third-order valence-electron chi connectivity index (χ3n) is 3.16. The van der Waals surface area contributed by atoms with Gasteiger partial charge in [0.1, 0.15) is 12.4 Å². The van der Waals surface area contributed by atoms with Crippen molar-refractivity contribution in [1.82, 2.24) is 14.6 Å². The molecule has 8 nitrogen and oxygen atoms in total. The summed E-state index contributed by atoms with van der Waals surface area (Å²) in [7, 11) is 0. The van der Waals surface area contributed by atoms with E-state index in [0.29, 0.717) is 34.7 Å². The van der Waals surface area contributed by atoms with E-state index in [1.54, 1.807) is 6.07 Å². The zero-order valence-electron chi connectivity index (χ0n) is 11.9. The van der Waals surface area contributed by atoms with Crippen LogP contribution >= 0.6 is 11.3 Å². The van der Waals surface area contributed by atoms with Crippen LogP contribution in [0.25, 0.3) is 4.96 Å². The van der Waals surface area contributed by atoms with Crippen LogP contribution in [0.2, 0.25) is 0 Å². The second-order valence-corrected chi connectivity index (χ2v) is 5.63. The van der Waals surface area contributed by atoms with Gasteiger partial charge in [0.25, 0.3) is 5.56 Å². The minimum absolute atomic E-state index is 0.198. The Labute approximate surface area is 134 Å². The fraction of sp³-hybridized carbons (Fsp3) is 0.214. The lowest BCUT2D eigenvalue weighted by Gasteiger charge is -2.07. The van der Waals surface area contributed by atoms with Crippen molar-refractivity contribution in [2.24, 2.45) is 0 Å². The first-order valence-corrected chi connectivity index (χ1v) is 7.72. The number of nitrogens with zero attached hydrogens (tertiary/aromatic N) is 3. The molecule has 2 aromatic heterocycles. The van der Waals surface area contributed by atoms with E-state index in [1.807, 2.05) is 12.1 Å². The van der Waals surface area contributed by atoms with Crippen LogP contribution in [0, 0.1) is 0 Å². The molecular formula is C14H12N4O4S. The maximum atomic E-state index is 11.6. The van der Waals surface area contributed by atoms with E-state index >= 15 is 0 Å². The van der Waals surface area contributed by atoms with Gasteiger partial charge in [0.15, 0.2) is 11.5 Å². The van der Waals surface area contributed by atoms with Crippen molar-refractivity contribution in [3.8, 4) is 17.2 Å². The van der Waals surface area contributed by atoms with Gasteiger partial charge in [-0.3, -0.25) is 4.79 Å². The maximum absolute atomic E-state index is 11.6. The van der Waals surface area contributed by atoms with Gasteiger partial charge in [-0.25, -0.2) is 4.98 Å². The van der Waals surface area contributed by atoms with Gasteiger partial charge in [0.2, 0.25) is 16.9 Å². The summed E-state index contributed by atoms with van der Waals surface area (Å²) in [5.74, 6) is 2.12. The van der Waals surface area contributed by atoms with Crippen LogP contribution in [0.4, 0.5) is 5.13 Å². The minimum Gasteiger partial charge on any atom is -0.492 e. The topological polar surface area (TPSA) is 87.0 Å². The molecular weight excluding hydrogens is 320 g/mol. The molecule has 0 saturated heterocycles. The average Bonchev–Trinajstić information content (AvgIpc) is 3.18. The summed E-state index contributed by atoms with van der Waals surface area (Å²) in [5.41, 5.74) is -0.198. The fourth-order valence-electron chi connectivity index (χ4n) is 2.11. The number of ether oxygens (including phenoxy) is 3. The van der Waals surface area contributed by atoms with Crippen molar-refractivity contribution in [2.75, 3.05) is 25.3 Å². The van der Waals surface area contributed by atoms with Crippen LogP contribution in [0.1, 0.15) is 0 Å². The van der Waals surface area contributed by atoms with Crippen molar-refractivity contribution < 1.29 is 14.2 Å². The monoisotopic (exact) mass is 332 g/mol. The Balaban J connectivity index is 1.34. The molecule has 1 N–H and O–H groups in total. The Morgan fingerprint density at radius 1 is 1.30 bits per heavy atom. The van der Waals surface area contributed by atoms with Gasteiger partial charge in [-0.1, -0.05) is 11.3 Å². The average molecular weight is 332 g/mol. The third-order valence-corrected chi connectivity index (χ3v) is 4.04. The third kappa shape index (κ3) is 2.78. The number of anilines is 1. The first-order chi connectivity index (χ1) is 11.3. The molecule has 0 radical (unpaired) electrons. The molecule has 1 aliphatic rings. The lowest BCUT2D eigenvalue weighted by molar-refractivity contribution is 0.174. The van der Waals surface area contributed by atoms with Crippen molar-refractivity contribution in [1.29, 1.82) is 0 Å². The number of aromatic nitrogens is 3. The van der Waals surface area contributed by atoms with E-state index in [4.69, 9.17) is 14.2 Å². The Morgan fingerprint density at radius 2 is 2.22 bits per heavy atom. The molecule has 118 valence electrons. The lowest BCUT2D eigenvalue weighted by Crippen LogP contribution is -2.14. The van der Waals surface area contributed by atoms with Gasteiger partial charge in [-0.05, 0) is 12.1 Å². The predicted octanol–water partition coefficient (Wildman–Crippen LogP) is 1.37. The van der Waals surface area contributed by atoms with E-state index in [1.165, 1.54) is 28.1 Å². The van der Waals surface area contributed by atoms with E-state index in [0.717, 1.165) is 5.75 Å². The highest BCUT2D eigenvalue weighted by atomic mass is 32.1. The molecule has 0 bridgehead atoms. The van der Waals surface area contributed by atoms with Crippen LogP contribution in [0.5, 0.6) is 17.2 Å². The van der Waals surface area contributed by atoms with Gasteiger partial charge < -0.3 is 19.5 Å². The summed E-state index contributed by atoms with van der Waals surface area (Å²) < 4.78 is 17.5. The zero-order chi connectivity index (χ0) is 15.6. The van der Waals surface area contributed by atoms with E-state index in [9.17, 15) is 4.79 Å². The molecule has 0 amide bonds. The fourth-order valence-corrected chi connectivity index (χ4v) is 2.91. The van der Waals surface area contributed by atoms with Crippen LogP contribution < -0.4 is 25.1 Å². The zero-order valence-corrected chi connectivity index (χ0v) is 12.7. The number of nitrogens with one attached hydrogen (secondary N) is 1. The summed E-state index contributed by atoms with van der Waals surface area (Å²) >= 11 is 1.31. The number of benzene rings is 1. The highest BCUT2D eigenvalue weighted by Crippen LogP contribution is 2.35. The first kappa shape index (κ1) is 13.8. The van der Waals surface area contributed by atoms with E-state index in [-0.39, 0.29) is 12.4 Å². The smallest absolute Gasteiger partial charge is 0.275 e. The summed E-state index contributed by atoms with van der Waals surface area (Å²) in [6, 6.07) is 6.81. The molecule has 0 atom stereocenters. The van der Waals surface area contributed by atoms with Crippen molar-refractivity contribution in [2.45, 2.75) is 0 Å². The van der Waals surface area contributed by atoms with Crippen molar-refractivity contribution in [3.05, 3.63) is 40.8 Å². The van der Waals surface area contributed by atoms with Crippen LogP contribution in [-0.2, 0) is 0 Å². The van der Waals surface area contributed by atoms with Gasteiger partial charge in [-0.2, -0.15) is 4.52 Å². The molecule has 0 fully saturated rings. The quantitative estimate of drug-likeness (QED) is 0.706. The highest BCUT2D eigenvalue weighted by Gasteiger charge is 2.13. The van der Waals surface area contributed by atoms with Crippen molar-refractivity contribution in [3.63, 3.8) is 0 Å². The van der Waals surface area contributed by atoms with Gasteiger partial charge in [0, 0.05) is 18.3 Å². The molecule has 0 spiro atoms. The number of fused-ring (bicyclic) bond motifs is 2. The molecule has 4 rings (SSSR count). The van der Waals surface area contributed by atoms with E-state index in [2.05, 4.69) is 15.4 Å². The summed E-state index contributed by atoms with van der Waals surface area (Å²) in [6.45, 7) is 1.23. The predicted molar refractivity (Wildman–Crippen MR) is 83.7 cm³/mol. The summed E-state index contributed by atoms with van der Waals surface area (Å²) in [5, 5.41) is 7.89. The second kappa shape index (κ2) is 5.76.